The van der Waals surface area contributed by atoms with E-state index in [1.165, 1.54) is 0 Å². The predicted octanol–water partition coefficient (Wildman–Crippen LogP) is 4.05. The fraction of sp³-hybridized carbons (Fsp3) is 0.500. The van der Waals surface area contributed by atoms with Gasteiger partial charge < -0.3 is 0 Å². The molecule has 16 heavy (non-hydrogen) atoms. The van der Waals surface area contributed by atoms with E-state index in [2.05, 4.69) is 13.8 Å². The molecule has 0 heterocycles. The van der Waals surface area contributed by atoms with Gasteiger partial charge in [0, 0.05) is 10.9 Å². The summed E-state index contributed by atoms with van der Waals surface area (Å²) in [5.41, 5.74) is 2.22. The third-order valence-electron chi connectivity index (χ3n) is 2.98. The summed E-state index contributed by atoms with van der Waals surface area (Å²) in [6, 6.07) is 6.02. The minimum atomic E-state index is 0.0696. The summed E-state index contributed by atoms with van der Waals surface area (Å²) in [6.07, 6.45) is 0.742. The molecule has 2 heteroatoms. The first-order valence-corrected chi connectivity index (χ1v) is 6.05. The number of halogens is 1. The third kappa shape index (κ3) is 3.34. The number of carbonyl (C=O) groups is 1. The van der Waals surface area contributed by atoms with Crippen molar-refractivity contribution >= 4 is 17.4 Å². The number of rotatable bonds is 4. The number of ketones is 1. The van der Waals surface area contributed by atoms with E-state index >= 15 is 0 Å². The summed E-state index contributed by atoms with van der Waals surface area (Å²) < 4.78 is 0. The normalized spacial score (nSPS) is 12.9. The fourth-order valence-corrected chi connectivity index (χ4v) is 2.22. The van der Waals surface area contributed by atoms with Gasteiger partial charge in [0.05, 0.1) is 0 Å². The van der Waals surface area contributed by atoms with Crippen molar-refractivity contribution < 1.29 is 4.79 Å². The van der Waals surface area contributed by atoms with E-state index in [0.717, 1.165) is 22.6 Å². The van der Waals surface area contributed by atoms with Crippen molar-refractivity contribution in [1.29, 1.82) is 0 Å². The van der Waals surface area contributed by atoms with Crippen LogP contribution in [0.4, 0.5) is 0 Å². The molecule has 0 bridgehead atoms. The third-order valence-corrected chi connectivity index (χ3v) is 3.33. The van der Waals surface area contributed by atoms with Crippen LogP contribution in [0.5, 0.6) is 0 Å². The Bertz CT molecular complexity index is 382. The standard InChI is InChI=1S/C14H19ClO/c1-9(2)13(11(4)16)8-12-6-5-10(3)7-14(12)15/h5-7,9,13H,8H2,1-4H3. The molecule has 0 saturated carbocycles. The maximum atomic E-state index is 11.5. The highest BCUT2D eigenvalue weighted by Gasteiger charge is 2.19. The van der Waals surface area contributed by atoms with Crippen LogP contribution in [0.2, 0.25) is 5.02 Å². The number of benzene rings is 1. The van der Waals surface area contributed by atoms with Gasteiger partial charge in [-0.2, -0.15) is 0 Å². The highest BCUT2D eigenvalue weighted by atomic mass is 35.5. The van der Waals surface area contributed by atoms with Crippen molar-refractivity contribution in [2.45, 2.75) is 34.1 Å². The van der Waals surface area contributed by atoms with Gasteiger partial charge in [0.25, 0.3) is 0 Å². The number of aryl methyl sites for hydroxylation is 1. The van der Waals surface area contributed by atoms with Crippen LogP contribution < -0.4 is 0 Å². The second-order valence-corrected chi connectivity index (χ2v) is 5.17. The summed E-state index contributed by atoms with van der Waals surface area (Å²) in [7, 11) is 0. The molecule has 88 valence electrons. The molecule has 0 aliphatic carbocycles. The summed E-state index contributed by atoms with van der Waals surface area (Å²) in [5, 5.41) is 0.770. The van der Waals surface area contributed by atoms with Crippen LogP contribution in [0, 0.1) is 18.8 Å². The molecule has 1 rings (SSSR count). The van der Waals surface area contributed by atoms with Crippen molar-refractivity contribution in [1.82, 2.24) is 0 Å². The lowest BCUT2D eigenvalue weighted by atomic mass is 9.86. The van der Waals surface area contributed by atoms with Crippen molar-refractivity contribution in [3.8, 4) is 0 Å². The van der Waals surface area contributed by atoms with Gasteiger partial charge in [-0.1, -0.05) is 37.6 Å². The lowest BCUT2D eigenvalue weighted by Crippen LogP contribution is -2.20. The highest BCUT2D eigenvalue weighted by molar-refractivity contribution is 6.31. The van der Waals surface area contributed by atoms with E-state index in [0.29, 0.717) is 5.92 Å². The smallest absolute Gasteiger partial charge is 0.133 e. The monoisotopic (exact) mass is 238 g/mol. The lowest BCUT2D eigenvalue weighted by Gasteiger charge is -2.18. The molecule has 1 atom stereocenters. The Hall–Kier alpha value is -0.820. The minimum Gasteiger partial charge on any atom is -0.300 e. The van der Waals surface area contributed by atoms with Crippen LogP contribution >= 0.6 is 11.6 Å². The van der Waals surface area contributed by atoms with Gasteiger partial charge >= 0.3 is 0 Å². The molecule has 0 aromatic heterocycles. The zero-order valence-electron chi connectivity index (χ0n) is 10.4. The zero-order chi connectivity index (χ0) is 12.3. The van der Waals surface area contributed by atoms with Crippen LogP contribution in [0.15, 0.2) is 18.2 Å². The van der Waals surface area contributed by atoms with Crippen LogP contribution in [0.1, 0.15) is 31.9 Å². The van der Waals surface area contributed by atoms with Gasteiger partial charge in [-0.05, 0) is 43.4 Å². The average molecular weight is 239 g/mol. The predicted molar refractivity (Wildman–Crippen MR) is 68.9 cm³/mol. The van der Waals surface area contributed by atoms with Gasteiger partial charge in [0.15, 0.2) is 0 Å². The molecule has 1 nitrogen and oxygen atoms in total. The first kappa shape index (κ1) is 13.2. The van der Waals surface area contributed by atoms with Crippen LogP contribution in [0.3, 0.4) is 0 Å². The molecule has 0 aliphatic heterocycles. The molecule has 1 aromatic carbocycles. The Kier molecular flexibility index (Phi) is 4.55. The largest absolute Gasteiger partial charge is 0.300 e. The summed E-state index contributed by atoms with van der Waals surface area (Å²) >= 11 is 6.17. The summed E-state index contributed by atoms with van der Waals surface area (Å²) in [4.78, 5) is 11.5. The van der Waals surface area contributed by atoms with Gasteiger partial charge in [-0.15, -0.1) is 0 Å². The Morgan fingerprint density at radius 1 is 1.38 bits per heavy atom. The summed E-state index contributed by atoms with van der Waals surface area (Å²) in [5.74, 6) is 0.668. The maximum Gasteiger partial charge on any atom is 0.133 e. The van der Waals surface area contributed by atoms with Crippen molar-refractivity contribution in [2.75, 3.05) is 0 Å². The Morgan fingerprint density at radius 2 is 2.00 bits per heavy atom. The molecule has 0 aliphatic rings. The lowest BCUT2D eigenvalue weighted by molar-refractivity contribution is -0.121. The second-order valence-electron chi connectivity index (χ2n) is 4.76. The Labute approximate surface area is 103 Å². The van der Waals surface area contributed by atoms with Crippen molar-refractivity contribution in [3.63, 3.8) is 0 Å². The molecule has 0 fully saturated rings. The molecule has 1 unspecified atom stereocenters. The van der Waals surface area contributed by atoms with Crippen molar-refractivity contribution in [2.24, 2.45) is 11.8 Å². The summed E-state index contributed by atoms with van der Waals surface area (Å²) in [6.45, 7) is 7.83. The van der Waals surface area contributed by atoms with Gasteiger partial charge in [0.1, 0.15) is 5.78 Å². The molecule has 1 aromatic rings. The molecule has 0 amide bonds. The molecule has 0 spiro atoms. The van der Waals surface area contributed by atoms with E-state index < -0.39 is 0 Å². The van der Waals surface area contributed by atoms with E-state index in [9.17, 15) is 4.79 Å². The van der Waals surface area contributed by atoms with Gasteiger partial charge in [-0.25, -0.2) is 0 Å². The van der Waals surface area contributed by atoms with Gasteiger partial charge in [0.2, 0.25) is 0 Å². The van der Waals surface area contributed by atoms with E-state index in [1.54, 1.807) is 6.92 Å². The number of hydrogen-bond acceptors (Lipinski definition) is 1. The topological polar surface area (TPSA) is 17.1 Å². The molecule has 0 radical (unpaired) electrons. The maximum absolute atomic E-state index is 11.5. The second kappa shape index (κ2) is 5.49. The van der Waals surface area contributed by atoms with Crippen molar-refractivity contribution in [3.05, 3.63) is 34.3 Å². The zero-order valence-corrected chi connectivity index (χ0v) is 11.1. The van der Waals surface area contributed by atoms with Gasteiger partial charge in [-0.3, -0.25) is 4.79 Å². The van der Waals surface area contributed by atoms with Crippen LogP contribution in [-0.4, -0.2) is 5.78 Å². The minimum absolute atomic E-state index is 0.0696. The highest BCUT2D eigenvalue weighted by Crippen LogP contribution is 2.24. The molecular weight excluding hydrogens is 220 g/mol. The van der Waals surface area contributed by atoms with E-state index in [-0.39, 0.29) is 11.7 Å². The Balaban J connectivity index is 2.90. The quantitative estimate of drug-likeness (QED) is 0.774. The molecule has 0 saturated heterocycles. The molecule has 0 N–H and O–H groups in total. The fourth-order valence-electron chi connectivity index (χ4n) is 1.90. The van der Waals surface area contributed by atoms with Crippen LogP contribution in [-0.2, 0) is 11.2 Å². The SMILES string of the molecule is CC(=O)C(Cc1ccc(C)cc1Cl)C(C)C. The average Bonchev–Trinajstić information content (AvgIpc) is 2.15. The number of carbonyl (C=O) groups excluding carboxylic acids is 1. The number of Topliss-reactive ketones (excluding diaryl/α,β-unsaturated/α-hetero) is 1. The molecular formula is C14H19ClO. The van der Waals surface area contributed by atoms with E-state index in [1.807, 2.05) is 25.1 Å². The first-order chi connectivity index (χ1) is 7.41. The first-order valence-electron chi connectivity index (χ1n) is 5.67. The van der Waals surface area contributed by atoms with Crippen LogP contribution in [0.25, 0.3) is 0 Å². The Morgan fingerprint density at radius 3 is 2.44 bits per heavy atom. The van der Waals surface area contributed by atoms with E-state index in [4.69, 9.17) is 11.6 Å². The number of hydrogen-bond donors (Lipinski definition) is 0.